The number of carbonyl (C=O) groups is 1. The number of rotatable bonds is 6. The summed E-state index contributed by atoms with van der Waals surface area (Å²) in [6.45, 7) is 5.81. The van der Waals surface area contributed by atoms with Gasteiger partial charge in [0.15, 0.2) is 5.69 Å². The number of nitrogens with zero attached hydrogens (tertiary/aromatic N) is 3. The van der Waals surface area contributed by atoms with Crippen LogP contribution in [-0.2, 0) is 0 Å². The highest BCUT2D eigenvalue weighted by atomic mass is 16.1. The number of carbonyl (C=O) groups excluding carboxylic acids is 1. The second-order valence-corrected chi connectivity index (χ2v) is 5.36. The van der Waals surface area contributed by atoms with Gasteiger partial charge >= 0.3 is 0 Å². The van der Waals surface area contributed by atoms with Gasteiger partial charge < -0.3 is 15.5 Å². The van der Waals surface area contributed by atoms with E-state index in [4.69, 9.17) is 0 Å². The van der Waals surface area contributed by atoms with Crippen LogP contribution in [0.1, 0.15) is 30.3 Å². The van der Waals surface area contributed by atoms with Gasteiger partial charge in [-0.25, -0.2) is 0 Å². The molecule has 0 aliphatic carbocycles. The third-order valence-corrected chi connectivity index (χ3v) is 3.49. The summed E-state index contributed by atoms with van der Waals surface area (Å²) in [4.78, 5) is 14.2. The maximum atomic E-state index is 12.0. The predicted molar refractivity (Wildman–Crippen MR) is 78.7 cm³/mol. The first-order valence-corrected chi connectivity index (χ1v) is 7.23. The lowest BCUT2D eigenvalue weighted by Gasteiger charge is -2.11. The lowest BCUT2D eigenvalue weighted by atomic mass is 10.1. The molecule has 2 heterocycles. The molecule has 20 heavy (non-hydrogen) atoms. The molecule has 1 saturated heterocycles. The number of hydrogen-bond acceptors (Lipinski definition) is 5. The summed E-state index contributed by atoms with van der Waals surface area (Å²) >= 11 is 0. The zero-order valence-corrected chi connectivity index (χ0v) is 12.2. The van der Waals surface area contributed by atoms with E-state index in [-0.39, 0.29) is 5.91 Å². The van der Waals surface area contributed by atoms with Crippen LogP contribution in [-0.4, -0.2) is 54.2 Å². The molecule has 0 bridgehead atoms. The van der Waals surface area contributed by atoms with Crippen LogP contribution in [0.25, 0.3) is 0 Å². The SMILES string of the molecule is CCCNc1ccc(C(=O)NCC2CCN(C)C2)nn1. The fraction of sp³-hybridized carbons (Fsp3) is 0.643. The van der Waals surface area contributed by atoms with E-state index < -0.39 is 0 Å². The molecule has 6 heteroatoms. The third-order valence-electron chi connectivity index (χ3n) is 3.49. The normalized spacial score (nSPS) is 19.0. The van der Waals surface area contributed by atoms with Gasteiger partial charge in [-0.05, 0) is 44.5 Å². The summed E-state index contributed by atoms with van der Waals surface area (Å²) in [7, 11) is 2.11. The molecule has 0 aromatic carbocycles. The molecule has 0 spiro atoms. The van der Waals surface area contributed by atoms with E-state index in [1.807, 2.05) is 0 Å². The fourth-order valence-electron chi connectivity index (χ4n) is 2.32. The van der Waals surface area contributed by atoms with Crippen LogP contribution in [0.4, 0.5) is 5.82 Å². The van der Waals surface area contributed by atoms with Crippen molar-refractivity contribution in [1.29, 1.82) is 0 Å². The van der Waals surface area contributed by atoms with Crippen LogP contribution in [0.15, 0.2) is 12.1 Å². The van der Waals surface area contributed by atoms with E-state index in [0.29, 0.717) is 24.0 Å². The predicted octanol–water partition coefficient (Wildman–Crippen LogP) is 0.980. The Morgan fingerprint density at radius 3 is 2.90 bits per heavy atom. The number of amides is 1. The number of hydrogen-bond donors (Lipinski definition) is 2. The molecule has 1 fully saturated rings. The molecule has 1 aliphatic rings. The van der Waals surface area contributed by atoms with E-state index in [2.05, 4.69) is 39.7 Å². The van der Waals surface area contributed by atoms with Crippen LogP contribution in [0.3, 0.4) is 0 Å². The van der Waals surface area contributed by atoms with Gasteiger partial charge in [0.25, 0.3) is 5.91 Å². The Balaban J connectivity index is 1.80. The zero-order valence-electron chi connectivity index (χ0n) is 12.2. The van der Waals surface area contributed by atoms with Crippen LogP contribution in [0, 0.1) is 5.92 Å². The molecular formula is C14H23N5O. The smallest absolute Gasteiger partial charge is 0.271 e. The Bertz CT molecular complexity index is 434. The van der Waals surface area contributed by atoms with Crippen molar-refractivity contribution in [2.24, 2.45) is 5.92 Å². The van der Waals surface area contributed by atoms with Crippen molar-refractivity contribution in [1.82, 2.24) is 20.4 Å². The van der Waals surface area contributed by atoms with Crippen molar-refractivity contribution in [3.63, 3.8) is 0 Å². The highest BCUT2D eigenvalue weighted by Crippen LogP contribution is 2.13. The molecule has 1 aromatic rings. The molecule has 1 unspecified atom stereocenters. The maximum absolute atomic E-state index is 12.0. The largest absolute Gasteiger partial charge is 0.369 e. The quantitative estimate of drug-likeness (QED) is 0.811. The number of aromatic nitrogens is 2. The van der Waals surface area contributed by atoms with Crippen molar-refractivity contribution in [3.8, 4) is 0 Å². The van der Waals surface area contributed by atoms with Gasteiger partial charge in [-0.3, -0.25) is 4.79 Å². The molecule has 2 rings (SSSR count). The Kier molecular flexibility index (Phi) is 5.29. The summed E-state index contributed by atoms with van der Waals surface area (Å²) in [5, 5.41) is 14.0. The first-order chi connectivity index (χ1) is 9.69. The fourth-order valence-corrected chi connectivity index (χ4v) is 2.32. The van der Waals surface area contributed by atoms with Crippen LogP contribution < -0.4 is 10.6 Å². The van der Waals surface area contributed by atoms with Crippen molar-refractivity contribution in [3.05, 3.63) is 17.8 Å². The second kappa shape index (κ2) is 7.19. The van der Waals surface area contributed by atoms with E-state index in [0.717, 1.165) is 32.5 Å². The van der Waals surface area contributed by atoms with Crippen LogP contribution in [0.2, 0.25) is 0 Å². The maximum Gasteiger partial charge on any atom is 0.271 e. The van der Waals surface area contributed by atoms with Gasteiger partial charge in [-0.15, -0.1) is 10.2 Å². The van der Waals surface area contributed by atoms with Crippen molar-refractivity contribution >= 4 is 11.7 Å². The van der Waals surface area contributed by atoms with Gasteiger partial charge in [0, 0.05) is 19.6 Å². The molecule has 0 radical (unpaired) electrons. The Morgan fingerprint density at radius 1 is 1.45 bits per heavy atom. The van der Waals surface area contributed by atoms with Crippen molar-refractivity contribution in [2.45, 2.75) is 19.8 Å². The highest BCUT2D eigenvalue weighted by Gasteiger charge is 2.20. The first-order valence-electron chi connectivity index (χ1n) is 7.23. The molecule has 1 aliphatic heterocycles. The lowest BCUT2D eigenvalue weighted by Crippen LogP contribution is -2.31. The molecule has 110 valence electrons. The minimum atomic E-state index is -0.144. The van der Waals surface area contributed by atoms with Crippen LogP contribution in [0.5, 0.6) is 0 Å². The van der Waals surface area contributed by atoms with Gasteiger partial charge in [-0.2, -0.15) is 0 Å². The topological polar surface area (TPSA) is 70.2 Å². The molecule has 1 atom stereocenters. The summed E-state index contributed by atoms with van der Waals surface area (Å²) in [6, 6.07) is 3.50. The molecule has 1 amide bonds. The van der Waals surface area contributed by atoms with Crippen molar-refractivity contribution in [2.75, 3.05) is 38.5 Å². The summed E-state index contributed by atoms with van der Waals surface area (Å²) < 4.78 is 0. The molecule has 0 saturated carbocycles. The van der Waals surface area contributed by atoms with E-state index in [1.54, 1.807) is 12.1 Å². The van der Waals surface area contributed by atoms with E-state index in [1.165, 1.54) is 0 Å². The Morgan fingerprint density at radius 2 is 2.30 bits per heavy atom. The van der Waals surface area contributed by atoms with Crippen LogP contribution >= 0.6 is 0 Å². The third kappa shape index (κ3) is 4.16. The van der Waals surface area contributed by atoms with Gasteiger partial charge in [-0.1, -0.05) is 6.92 Å². The summed E-state index contributed by atoms with van der Waals surface area (Å²) in [6.07, 6.45) is 2.17. The molecule has 2 N–H and O–H groups in total. The second-order valence-electron chi connectivity index (χ2n) is 5.36. The Hall–Kier alpha value is -1.69. The minimum Gasteiger partial charge on any atom is -0.369 e. The number of anilines is 1. The van der Waals surface area contributed by atoms with Crippen molar-refractivity contribution < 1.29 is 4.79 Å². The first kappa shape index (κ1) is 14.7. The summed E-state index contributed by atoms with van der Waals surface area (Å²) in [5.74, 6) is 1.11. The Labute approximate surface area is 120 Å². The molecule has 1 aromatic heterocycles. The standard InChI is InChI=1S/C14H23N5O/c1-3-7-15-13-5-4-12(17-18-13)14(20)16-9-11-6-8-19(2)10-11/h4-5,11H,3,6-10H2,1-2H3,(H,15,18)(H,16,20). The van der Waals surface area contributed by atoms with Gasteiger partial charge in [0.05, 0.1) is 0 Å². The highest BCUT2D eigenvalue weighted by molar-refractivity contribution is 5.92. The van der Waals surface area contributed by atoms with E-state index >= 15 is 0 Å². The minimum absolute atomic E-state index is 0.144. The van der Waals surface area contributed by atoms with Gasteiger partial charge in [0.2, 0.25) is 0 Å². The monoisotopic (exact) mass is 277 g/mol. The molecule has 6 nitrogen and oxygen atoms in total. The average Bonchev–Trinajstić information content (AvgIpc) is 2.89. The average molecular weight is 277 g/mol. The summed E-state index contributed by atoms with van der Waals surface area (Å²) in [5.41, 5.74) is 0.374. The van der Waals surface area contributed by atoms with Gasteiger partial charge in [0.1, 0.15) is 5.82 Å². The lowest BCUT2D eigenvalue weighted by molar-refractivity contribution is 0.0941. The number of likely N-dealkylation sites (tertiary alicyclic amines) is 1. The molecular weight excluding hydrogens is 254 g/mol. The zero-order chi connectivity index (χ0) is 14.4. The number of nitrogens with one attached hydrogen (secondary N) is 2. The van der Waals surface area contributed by atoms with E-state index in [9.17, 15) is 4.79 Å².